The number of ether oxygens (including phenoxy) is 1. The quantitative estimate of drug-likeness (QED) is 0.463. The molecule has 0 radical (unpaired) electrons. The molecule has 23 heavy (non-hydrogen) atoms. The third kappa shape index (κ3) is 4.27. The first-order valence-electron chi connectivity index (χ1n) is 6.73. The molecule has 0 aliphatic heterocycles. The number of aliphatic hydroxyl groups excluding tert-OH is 1. The molecule has 2 aromatic rings. The number of aliphatic hydroxyl groups is 1. The van der Waals surface area contributed by atoms with Crippen LogP contribution in [0.2, 0.25) is 0 Å². The summed E-state index contributed by atoms with van der Waals surface area (Å²) in [7, 11) is -3.39. The van der Waals surface area contributed by atoms with Crippen LogP contribution in [0.25, 0.3) is 0 Å². The Morgan fingerprint density at radius 3 is 2.78 bits per heavy atom. The first kappa shape index (κ1) is 17.4. The highest BCUT2D eigenvalue weighted by molar-refractivity contribution is 7.91. The molecule has 1 unspecified atom stereocenters. The van der Waals surface area contributed by atoms with Crippen LogP contribution in [0.4, 0.5) is 5.13 Å². The van der Waals surface area contributed by atoms with Crippen molar-refractivity contribution < 1.29 is 23.1 Å². The molecule has 0 saturated carbocycles. The van der Waals surface area contributed by atoms with Crippen molar-refractivity contribution in [1.82, 2.24) is 4.98 Å². The standard InChI is InChI=1S/C14H16N2O5S2/c1-3-23(19,20)12-8-22-14(15-12)16-13(18)10-6-4-5-7-11(10)21-9(2)17/h4-8,13,18H,3H2,1-2H3,(H,15,16). The van der Waals surface area contributed by atoms with Gasteiger partial charge in [-0.25, -0.2) is 13.4 Å². The largest absolute Gasteiger partial charge is 0.426 e. The van der Waals surface area contributed by atoms with E-state index in [0.29, 0.717) is 5.56 Å². The van der Waals surface area contributed by atoms with Gasteiger partial charge in [-0.05, 0) is 6.07 Å². The van der Waals surface area contributed by atoms with Crippen LogP contribution in [-0.4, -0.2) is 30.2 Å². The van der Waals surface area contributed by atoms with E-state index in [0.717, 1.165) is 11.3 Å². The lowest BCUT2D eigenvalue weighted by atomic mass is 10.2. The Balaban J connectivity index is 2.20. The van der Waals surface area contributed by atoms with Crippen LogP contribution in [0.15, 0.2) is 34.7 Å². The topological polar surface area (TPSA) is 106 Å². The zero-order valence-corrected chi connectivity index (χ0v) is 14.1. The van der Waals surface area contributed by atoms with Crippen molar-refractivity contribution in [2.24, 2.45) is 0 Å². The second-order valence-corrected chi connectivity index (χ2v) is 7.66. The van der Waals surface area contributed by atoms with Gasteiger partial charge in [-0.2, -0.15) is 0 Å². The average Bonchev–Trinajstić information content (AvgIpc) is 2.96. The number of sulfone groups is 1. The minimum Gasteiger partial charge on any atom is -0.426 e. The van der Waals surface area contributed by atoms with Crippen molar-refractivity contribution in [2.75, 3.05) is 11.1 Å². The number of para-hydroxylation sites is 1. The number of nitrogens with zero attached hydrogens (tertiary/aromatic N) is 1. The molecule has 7 nitrogen and oxygen atoms in total. The van der Waals surface area contributed by atoms with Gasteiger partial charge in [0, 0.05) is 17.9 Å². The first-order chi connectivity index (χ1) is 10.8. The van der Waals surface area contributed by atoms with Gasteiger partial charge in [0.1, 0.15) is 5.75 Å². The van der Waals surface area contributed by atoms with Crippen LogP contribution in [0.1, 0.15) is 25.6 Å². The average molecular weight is 356 g/mol. The monoisotopic (exact) mass is 356 g/mol. The van der Waals surface area contributed by atoms with Crippen LogP contribution in [0.5, 0.6) is 5.75 Å². The molecule has 2 N–H and O–H groups in total. The van der Waals surface area contributed by atoms with Crippen LogP contribution < -0.4 is 10.1 Å². The van der Waals surface area contributed by atoms with E-state index in [1.165, 1.54) is 19.2 Å². The molecular weight excluding hydrogens is 340 g/mol. The number of esters is 1. The SMILES string of the molecule is CCS(=O)(=O)c1csc(NC(O)c2ccccc2OC(C)=O)n1. The van der Waals surface area contributed by atoms with E-state index in [9.17, 15) is 18.3 Å². The summed E-state index contributed by atoms with van der Waals surface area (Å²) >= 11 is 1.07. The van der Waals surface area contributed by atoms with Crippen molar-refractivity contribution in [3.8, 4) is 5.75 Å². The summed E-state index contributed by atoms with van der Waals surface area (Å²) < 4.78 is 28.5. The Labute approximate surface area is 137 Å². The van der Waals surface area contributed by atoms with Gasteiger partial charge < -0.3 is 15.2 Å². The summed E-state index contributed by atoms with van der Waals surface area (Å²) in [5.41, 5.74) is 0.345. The molecule has 1 atom stereocenters. The molecule has 9 heteroatoms. The molecule has 1 heterocycles. The smallest absolute Gasteiger partial charge is 0.308 e. The lowest BCUT2D eigenvalue weighted by Crippen LogP contribution is -2.13. The van der Waals surface area contributed by atoms with Crippen molar-refractivity contribution in [1.29, 1.82) is 0 Å². The fourth-order valence-electron chi connectivity index (χ4n) is 1.76. The molecule has 0 aliphatic rings. The molecule has 0 amide bonds. The number of carbonyl (C=O) groups is 1. The number of anilines is 1. The Morgan fingerprint density at radius 1 is 1.43 bits per heavy atom. The van der Waals surface area contributed by atoms with E-state index in [4.69, 9.17) is 4.74 Å². The molecular formula is C14H16N2O5S2. The third-order valence-electron chi connectivity index (χ3n) is 2.91. The Kier molecular flexibility index (Phi) is 5.34. The maximum atomic E-state index is 11.7. The fourth-order valence-corrected chi connectivity index (χ4v) is 3.68. The van der Waals surface area contributed by atoms with Gasteiger partial charge in [-0.1, -0.05) is 25.1 Å². The minimum absolute atomic E-state index is 0.0343. The number of rotatable bonds is 6. The van der Waals surface area contributed by atoms with Gasteiger partial charge in [0.05, 0.1) is 5.75 Å². The number of hydrogen-bond donors (Lipinski definition) is 2. The second-order valence-electron chi connectivity index (χ2n) is 4.57. The van der Waals surface area contributed by atoms with Crippen LogP contribution in [0, 0.1) is 0 Å². The molecule has 1 aromatic carbocycles. The summed E-state index contributed by atoms with van der Waals surface area (Å²) in [6.45, 7) is 2.80. The van der Waals surface area contributed by atoms with Gasteiger partial charge >= 0.3 is 5.97 Å². The second kappa shape index (κ2) is 7.07. The van der Waals surface area contributed by atoms with Gasteiger partial charge in [0.25, 0.3) is 0 Å². The van der Waals surface area contributed by atoms with Gasteiger partial charge in [-0.15, -0.1) is 11.3 Å². The summed E-state index contributed by atoms with van der Waals surface area (Å²) in [4.78, 5) is 15.1. The lowest BCUT2D eigenvalue weighted by Gasteiger charge is -2.15. The Bertz CT molecular complexity index is 801. The lowest BCUT2D eigenvalue weighted by molar-refractivity contribution is -0.131. The maximum Gasteiger partial charge on any atom is 0.308 e. The predicted octanol–water partition coefficient (Wildman–Crippen LogP) is 1.97. The van der Waals surface area contributed by atoms with Crippen molar-refractivity contribution in [3.05, 3.63) is 35.2 Å². The van der Waals surface area contributed by atoms with E-state index < -0.39 is 22.0 Å². The van der Waals surface area contributed by atoms with E-state index in [1.807, 2.05) is 0 Å². The molecule has 124 valence electrons. The van der Waals surface area contributed by atoms with E-state index in [-0.39, 0.29) is 21.7 Å². The molecule has 0 spiro atoms. The summed E-state index contributed by atoms with van der Waals surface area (Å²) in [5, 5.41) is 14.6. The maximum absolute atomic E-state index is 11.7. The van der Waals surface area contributed by atoms with Crippen molar-refractivity contribution >= 4 is 32.3 Å². The zero-order chi connectivity index (χ0) is 17.0. The predicted molar refractivity (Wildman–Crippen MR) is 86.2 cm³/mol. The summed E-state index contributed by atoms with van der Waals surface area (Å²) in [6.07, 6.45) is -1.20. The van der Waals surface area contributed by atoms with Crippen LogP contribution >= 0.6 is 11.3 Å². The Morgan fingerprint density at radius 2 is 2.13 bits per heavy atom. The molecule has 0 fully saturated rings. The van der Waals surface area contributed by atoms with Gasteiger partial charge in [0.15, 0.2) is 26.2 Å². The molecule has 1 aromatic heterocycles. The summed E-state index contributed by atoms with van der Waals surface area (Å²) in [6, 6.07) is 6.50. The van der Waals surface area contributed by atoms with Crippen molar-refractivity contribution in [2.45, 2.75) is 25.1 Å². The summed E-state index contributed by atoms with van der Waals surface area (Å²) in [5.74, 6) is -0.332. The third-order valence-corrected chi connectivity index (χ3v) is 5.44. The number of nitrogens with one attached hydrogen (secondary N) is 1. The van der Waals surface area contributed by atoms with E-state index >= 15 is 0 Å². The minimum atomic E-state index is -3.39. The highest BCUT2D eigenvalue weighted by Gasteiger charge is 2.19. The molecule has 0 aliphatic carbocycles. The Hall–Kier alpha value is -1.97. The number of thiazole rings is 1. The van der Waals surface area contributed by atoms with Gasteiger partial charge in [-0.3, -0.25) is 4.79 Å². The fraction of sp³-hybridized carbons (Fsp3) is 0.286. The normalized spacial score (nSPS) is 12.7. The van der Waals surface area contributed by atoms with E-state index in [2.05, 4.69) is 10.3 Å². The van der Waals surface area contributed by atoms with E-state index in [1.54, 1.807) is 24.3 Å². The van der Waals surface area contributed by atoms with Crippen LogP contribution in [0.3, 0.4) is 0 Å². The number of carbonyl (C=O) groups excluding carboxylic acids is 1. The zero-order valence-electron chi connectivity index (χ0n) is 12.5. The molecule has 2 rings (SSSR count). The highest BCUT2D eigenvalue weighted by Crippen LogP contribution is 2.28. The highest BCUT2D eigenvalue weighted by atomic mass is 32.2. The van der Waals surface area contributed by atoms with Crippen LogP contribution in [-0.2, 0) is 14.6 Å². The molecule has 0 bridgehead atoms. The number of benzene rings is 1. The molecule has 0 saturated heterocycles. The van der Waals surface area contributed by atoms with Gasteiger partial charge in [0.2, 0.25) is 0 Å². The number of aromatic nitrogens is 1. The number of hydrogen-bond acceptors (Lipinski definition) is 8. The van der Waals surface area contributed by atoms with Crippen molar-refractivity contribution in [3.63, 3.8) is 0 Å². The first-order valence-corrected chi connectivity index (χ1v) is 9.27.